The van der Waals surface area contributed by atoms with E-state index in [0.717, 1.165) is 25.7 Å². The van der Waals surface area contributed by atoms with Crippen LogP contribution in [0.2, 0.25) is 0 Å². The highest BCUT2D eigenvalue weighted by molar-refractivity contribution is 4.92. The lowest BCUT2D eigenvalue weighted by Gasteiger charge is -2.31. The van der Waals surface area contributed by atoms with Gasteiger partial charge in [-0.1, -0.05) is 77.6 Å². The summed E-state index contributed by atoms with van der Waals surface area (Å²) in [6, 6.07) is 0. The lowest BCUT2D eigenvalue weighted by molar-refractivity contribution is 0.0500. The SMILES string of the molecule is CCCCCCCCCCCCC1(CN)CCCC1O. The van der Waals surface area contributed by atoms with Crippen LogP contribution in [-0.4, -0.2) is 17.8 Å². The molecule has 0 aromatic rings. The van der Waals surface area contributed by atoms with Crippen molar-refractivity contribution in [1.29, 1.82) is 0 Å². The van der Waals surface area contributed by atoms with Crippen LogP contribution in [0.25, 0.3) is 0 Å². The molecule has 0 radical (unpaired) electrons. The van der Waals surface area contributed by atoms with Gasteiger partial charge in [0.05, 0.1) is 6.10 Å². The lowest BCUT2D eigenvalue weighted by atomic mass is 9.79. The molecule has 0 bridgehead atoms. The first-order valence-corrected chi connectivity index (χ1v) is 9.13. The Bertz CT molecular complexity index is 231. The van der Waals surface area contributed by atoms with Gasteiger partial charge in [0.15, 0.2) is 0 Å². The molecule has 1 saturated carbocycles. The zero-order valence-electron chi connectivity index (χ0n) is 13.7. The van der Waals surface area contributed by atoms with Gasteiger partial charge in [-0.3, -0.25) is 0 Å². The molecule has 1 fully saturated rings. The van der Waals surface area contributed by atoms with Crippen molar-refractivity contribution in [2.24, 2.45) is 11.1 Å². The summed E-state index contributed by atoms with van der Waals surface area (Å²) in [5.74, 6) is 0. The maximum Gasteiger partial charge on any atom is 0.0608 e. The second-order valence-electron chi connectivity index (χ2n) is 6.91. The first-order valence-electron chi connectivity index (χ1n) is 9.13. The molecule has 3 N–H and O–H groups in total. The number of hydrogen-bond donors (Lipinski definition) is 2. The molecule has 2 nitrogen and oxygen atoms in total. The van der Waals surface area contributed by atoms with Crippen molar-refractivity contribution in [1.82, 2.24) is 0 Å². The number of aliphatic hydroxyl groups is 1. The fraction of sp³-hybridized carbons (Fsp3) is 1.00. The van der Waals surface area contributed by atoms with Gasteiger partial charge >= 0.3 is 0 Å². The first-order chi connectivity index (χ1) is 9.75. The third-order valence-electron chi connectivity index (χ3n) is 5.29. The number of nitrogens with two attached hydrogens (primary N) is 1. The van der Waals surface area contributed by atoms with Crippen LogP contribution in [0.1, 0.15) is 96.8 Å². The van der Waals surface area contributed by atoms with E-state index in [1.807, 2.05) is 0 Å². The van der Waals surface area contributed by atoms with Gasteiger partial charge in [-0.15, -0.1) is 0 Å². The van der Waals surface area contributed by atoms with Crippen molar-refractivity contribution in [2.75, 3.05) is 6.54 Å². The Morgan fingerprint density at radius 2 is 1.50 bits per heavy atom. The van der Waals surface area contributed by atoms with Crippen LogP contribution >= 0.6 is 0 Å². The van der Waals surface area contributed by atoms with Crippen molar-refractivity contribution in [3.8, 4) is 0 Å². The predicted octanol–water partition coefficient (Wildman–Crippen LogP) is 4.79. The maximum absolute atomic E-state index is 10.1. The van der Waals surface area contributed by atoms with Gasteiger partial charge in [-0.05, 0) is 19.3 Å². The highest BCUT2D eigenvalue weighted by atomic mass is 16.3. The average Bonchev–Trinajstić information content (AvgIpc) is 2.82. The molecular formula is C18H37NO. The standard InChI is InChI=1S/C18H37NO/c1-2-3-4-5-6-7-8-9-10-11-14-18(16-19)15-12-13-17(18)20/h17,20H,2-16,19H2,1H3. The van der Waals surface area contributed by atoms with E-state index in [0.29, 0.717) is 6.54 Å². The fourth-order valence-corrected chi connectivity index (χ4v) is 3.72. The number of unbranched alkanes of at least 4 members (excludes halogenated alkanes) is 9. The molecule has 1 rings (SSSR count). The Balaban J connectivity index is 1.94. The topological polar surface area (TPSA) is 46.2 Å². The first kappa shape index (κ1) is 18.0. The van der Waals surface area contributed by atoms with Crippen LogP contribution in [0.3, 0.4) is 0 Å². The summed E-state index contributed by atoms with van der Waals surface area (Å²) in [6.07, 6.45) is 18.0. The van der Waals surface area contributed by atoms with Gasteiger partial charge in [-0.2, -0.15) is 0 Å². The number of hydrogen-bond acceptors (Lipinski definition) is 2. The number of aliphatic hydroxyl groups excluding tert-OH is 1. The second-order valence-corrected chi connectivity index (χ2v) is 6.91. The highest BCUT2D eigenvalue weighted by Gasteiger charge is 2.39. The lowest BCUT2D eigenvalue weighted by Crippen LogP contribution is -2.37. The number of rotatable bonds is 12. The summed E-state index contributed by atoms with van der Waals surface area (Å²) in [6.45, 7) is 2.95. The predicted molar refractivity (Wildman–Crippen MR) is 87.8 cm³/mol. The van der Waals surface area contributed by atoms with Gasteiger partial charge in [0, 0.05) is 12.0 Å². The van der Waals surface area contributed by atoms with E-state index in [9.17, 15) is 5.11 Å². The van der Waals surface area contributed by atoms with Crippen LogP contribution in [0.5, 0.6) is 0 Å². The summed E-state index contributed by atoms with van der Waals surface area (Å²) in [5, 5.41) is 10.1. The Kier molecular flexibility index (Phi) is 9.54. The van der Waals surface area contributed by atoms with Crippen LogP contribution in [-0.2, 0) is 0 Å². The summed E-state index contributed by atoms with van der Waals surface area (Å²) >= 11 is 0. The van der Waals surface area contributed by atoms with Crippen molar-refractivity contribution < 1.29 is 5.11 Å². The molecule has 2 heteroatoms. The van der Waals surface area contributed by atoms with E-state index >= 15 is 0 Å². The molecule has 0 heterocycles. The van der Waals surface area contributed by atoms with E-state index in [4.69, 9.17) is 5.73 Å². The van der Waals surface area contributed by atoms with Gasteiger partial charge in [-0.25, -0.2) is 0 Å². The molecule has 0 aromatic carbocycles. The molecule has 1 aliphatic carbocycles. The van der Waals surface area contributed by atoms with Crippen LogP contribution < -0.4 is 5.73 Å². The molecule has 120 valence electrons. The Labute approximate surface area is 126 Å². The summed E-state index contributed by atoms with van der Waals surface area (Å²) in [7, 11) is 0. The molecule has 1 aliphatic rings. The van der Waals surface area contributed by atoms with Crippen molar-refractivity contribution in [3.63, 3.8) is 0 Å². The largest absolute Gasteiger partial charge is 0.393 e. The van der Waals surface area contributed by atoms with Crippen LogP contribution in [0, 0.1) is 5.41 Å². The van der Waals surface area contributed by atoms with Gasteiger partial charge in [0.25, 0.3) is 0 Å². The third kappa shape index (κ3) is 6.13. The minimum atomic E-state index is -0.133. The minimum Gasteiger partial charge on any atom is -0.393 e. The zero-order valence-corrected chi connectivity index (χ0v) is 13.7. The van der Waals surface area contributed by atoms with Gasteiger partial charge in [0.1, 0.15) is 0 Å². The molecule has 0 aromatic heterocycles. The van der Waals surface area contributed by atoms with E-state index in [1.165, 1.54) is 64.2 Å². The molecule has 20 heavy (non-hydrogen) atoms. The van der Waals surface area contributed by atoms with Crippen LogP contribution in [0.4, 0.5) is 0 Å². The van der Waals surface area contributed by atoms with Crippen LogP contribution in [0.15, 0.2) is 0 Å². The smallest absolute Gasteiger partial charge is 0.0608 e. The van der Waals surface area contributed by atoms with E-state index < -0.39 is 0 Å². The molecule has 2 atom stereocenters. The van der Waals surface area contributed by atoms with Crippen molar-refractivity contribution in [3.05, 3.63) is 0 Å². The monoisotopic (exact) mass is 283 g/mol. The zero-order chi connectivity index (χ0) is 14.7. The molecule has 2 unspecified atom stereocenters. The Hall–Kier alpha value is -0.0800. The van der Waals surface area contributed by atoms with Crippen molar-refractivity contribution in [2.45, 2.75) is 103 Å². The van der Waals surface area contributed by atoms with Gasteiger partial charge < -0.3 is 10.8 Å². The fourth-order valence-electron chi connectivity index (χ4n) is 3.72. The second kappa shape index (κ2) is 10.6. The average molecular weight is 283 g/mol. The quantitative estimate of drug-likeness (QED) is 0.506. The van der Waals surface area contributed by atoms with Gasteiger partial charge in [0.2, 0.25) is 0 Å². The molecular weight excluding hydrogens is 246 g/mol. The molecule has 0 aliphatic heterocycles. The highest BCUT2D eigenvalue weighted by Crippen LogP contribution is 2.41. The normalized spacial score (nSPS) is 26.2. The summed E-state index contributed by atoms with van der Waals surface area (Å²) in [4.78, 5) is 0. The summed E-state index contributed by atoms with van der Waals surface area (Å²) in [5.41, 5.74) is 5.99. The Morgan fingerprint density at radius 3 is 1.95 bits per heavy atom. The van der Waals surface area contributed by atoms with E-state index in [-0.39, 0.29) is 11.5 Å². The van der Waals surface area contributed by atoms with E-state index in [1.54, 1.807) is 0 Å². The van der Waals surface area contributed by atoms with Crippen molar-refractivity contribution >= 4 is 0 Å². The summed E-state index contributed by atoms with van der Waals surface area (Å²) < 4.78 is 0. The van der Waals surface area contributed by atoms with E-state index in [2.05, 4.69) is 6.92 Å². The Morgan fingerprint density at radius 1 is 0.950 bits per heavy atom. The molecule has 0 spiro atoms. The third-order valence-corrected chi connectivity index (χ3v) is 5.29. The molecule has 0 amide bonds. The molecule has 0 saturated heterocycles. The maximum atomic E-state index is 10.1. The minimum absolute atomic E-state index is 0.0696.